The van der Waals surface area contributed by atoms with Gasteiger partial charge in [-0.05, 0) is 37.8 Å². The fourth-order valence-corrected chi connectivity index (χ4v) is 2.53. The molecule has 1 rings (SSSR count). The van der Waals surface area contributed by atoms with Gasteiger partial charge in [0, 0.05) is 5.33 Å². The van der Waals surface area contributed by atoms with E-state index in [4.69, 9.17) is 9.47 Å². The first kappa shape index (κ1) is 15.4. The van der Waals surface area contributed by atoms with E-state index in [0.717, 1.165) is 29.9 Å². The Labute approximate surface area is 119 Å². The molecule has 0 aliphatic carbocycles. The van der Waals surface area contributed by atoms with Crippen molar-refractivity contribution >= 4 is 15.9 Å². The number of hydrogen-bond acceptors (Lipinski definition) is 2. The van der Waals surface area contributed by atoms with Gasteiger partial charge in [-0.15, -0.1) is 0 Å². The van der Waals surface area contributed by atoms with E-state index in [1.165, 1.54) is 12.8 Å². The summed E-state index contributed by atoms with van der Waals surface area (Å²) in [5, 5.41) is 1.05. The lowest BCUT2D eigenvalue weighted by molar-refractivity contribution is 0.256. The first-order valence-electron chi connectivity index (χ1n) is 6.72. The van der Waals surface area contributed by atoms with Gasteiger partial charge in [0.25, 0.3) is 0 Å². The molecule has 0 bridgehead atoms. The molecule has 0 aliphatic rings. The number of alkyl halides is 1. The van der Waals surface area contributed by atoms with Gasteiger partial charge in [-0.2, -0.15) is 0 Å². The number of para-hydroxylation sites is 2. The molecule has 0 N–H and O–H groups in total. The molecular formula is C15H23BrO2. The summed E-state index contributed by atoms with van der Waals surface area (Å²) in [6, 6.07) is 7.86. The maximum atomic E-state index is 5.82. The van der Waals surface area contributed by atoms with Crippen molar-refractivity contribution in [3.05, 3.63) is 24.3 Å². The number of hydrogen-bond donors (Lipinski definition) is 0. The molecule has 1 aromatic carbocycles. The molecule has 0 amide bonds. The molecule has 1 atom stereocenters. The highest BCUT2D eigenvalue weighted by atomic mass is 79.9. The van der Waals surface area contributed by atoms with Crippen molar-refractivity contribution < 1.29 is 9.47 Å². The fraction of sp³-hybridized carbons (Fsp3) is 0.600. The lowest BCUT2D eigenvalue weighted by Gasteiger charge is -2.15. The van der Waals surface area contributed by atoms with Crippen LogP contribution < -0.4 is 9.47 Å². The molecule has 2 nitrogen and oxygen atoms in total. The molecule has 3 heteroatoms. The second-order valence-corrected chi connectivity index (χ2v) is 4.97. The molecule has 0 saturated heterocycles. The Balaban J connectivity index is 2.42. The molecule has 0 heterocycles. The third-order valence-electron chi connectivity index (χ3n) is 2.85. The van der Waals surface area contributed by atoms with Crippen molar-refractivity contribution in [2.24, 2.45) is 5.92 Å². The topological polar surface area (TPSA) is 18.5 Å². The van der Waals surface area contributed by atoms with Crippen molar-refractivity contribution in [1.29, 1.82) is 0 Å². The summed E-state index contributed by atoms with van der Waals surface area (Å²) in [6.45, 7) is 5.63. The monoisotopic (exact) mass is 314 g/mol. The quantitative estimate of drug-likeness (QED) is 0.617. The Kier molecular flexibility index (Phi) is 7.90. The van der Waals surface area contributed by atoms with E-state index >= 15 is 0 Å². The van der Waals surface area contributed by atoms with Crippen molar-refractivity contribution in [2.45, 2.75) is 33.1 Å². The lowest BCUT2D eigenvalue weighted by Crippen LogP contribution is -2.09. The zero-order chi connectivity index (χ0) is 13.2. The minimum atomic E-state index is 0.667. The van der Waals surface area contributed by atoms with Crippen LogP contribution in [0.4, 0.5) is 0 Å². The van der Waals surface area contributed by atoms with Crippen molar-refractivity contribution in [2.75, 3.05) is 18.5 Å². The van der Waals surface area contributed by atoms with Crippen LogP contribution in [0.1, 0.15) is 33.1 Å². The smallest absolute Gasteiger partial charge is 0.161 e. The van der Waals surface area contributed by atoms with Crippen LogP contribution >= 0.6 is 15.9 Å². The standard InChI is InChI=1S/C15H23BrO2/c1-3-7-13(12-16)10-11-18-15-9-6-5-8-14(15)17-4-2/h5-6,8-9,13H,3-4,7,10-12H2,1-2H3. The second-order valence-electron chi connectivity index (χ2n) is 4.33. The normalized spacial score (nSPS) is 12.2. The van der Waals surface area contributed by atoms with Gasteiger partial charge in [0.05, 0.1) is 13.2 Å². The predicted molar refractivity (Wildman–Crippen MR) is 79.9 cm³/mol. The molecule has 0 spiro atoms. The molecule has 102 valence electrons. The Morgan fingerprint density at radius 1 is 1.06 bits per heavy atom. The van der Waals surface area contributed by atoms with E-state index in [0.29, 0.717) is 12.5 Å². The van der Waals surface area contributed by atoms with Crippen LogP contribution in [0.5, 0.6) is 11.5 Å². The fourth-order valence-electron chi connectivity index (χ4n) is 1.89. The van der Waals surface area contributed by atoms with Crippen LogP contribution in [0.2, 0.25) is 0 Å². The van der Waals surface area contributed by atoms with Gasteiger partial charge in [-0.1, -0.05) is 41.4 Å². The first-order chi connectivity index (χ1) is 8.81. The molecule has 0 radical (unpaired) electrons. The molecule has 0 aromatic heterocycles. The number of benzene rings is 1. The Hall–Kier alpha value is -0.700. The van der Waals surface area contributed by atoms with Crippen molar-refractivity contribution in [3.63, 3.8) is 0 Å². The summed E-state index contributed by atoms with van der Waals surface area (Å²) >= 11 is 3.56. The third kappa shape index (κ3) is 5.30. The second kappa shape index (κ2) is 9.26. The SMILES string of the molecule is CCCC(CBr)CCOc1ccccc1OCC. The van der Waals surface area contributed by atoms with Gasteiger partial charge in [-0.3, -0.25) is 0 Å². The summed E-state index contributed by atoms with van der Waals surface area (Å²) in [4.78, 5) is 0. The van der Waals surface area contributed by atoms with Gasteiger partial charge in [0.1, 0.15) is 0 Å². The van der Waals surface area contributed by atoms with Crippen molar-refractivity contribution in [3.8, 4) is 11.5 Å². The lowest BCUT2D eigenvalue weighted by atomic mass is 10.0. The predicted octanol–water partition coefficient (Wildman–Crippen LogP) is 4.67. The number of rotatable bonds is 9. The summed E-state index contributed by atoms with van der Waals surface area (Å²) in [6.07, 6.45) is 3.56. The summed E-state index contributed by atoms with van der Waals surface area (Å²) in [7, 11) is 0. The average Bonchev–Trinajstić information content (AvgIpc) is 2.40. The van der Waals surface area contributed by atoms with Gasteiger partial charge in [0.15, 0.2) is 11.5 Å². The maximum Gasteiger partial charge on any atom is 0.161 e. The van der Waals surface area contributed by atoms with Gasteiger partial charge in [-0.25, -0.2) is 0 Å². The molecule has 0 saturated carbocycles. The summed E-state index contributed by atoms with van der Waals surface area (Å²) in [5.41, 5.74) is 0. The maximum absolute atomic E-state index is 5.82. The molecule has 1 aromatic rings. The van der Waals surface area contributed by atoms with E-state index in [-0.39, 0.29) is 0 Å². The van der Waals surface area contributed by atoms with E-state index < -0.39 is 0 Å². The summed E-state index contributed by atoms with van der Waals surface area (Å²) < 4.78 is 11.4. The molecular weight excluding hydrogens is 292 g/mol. The van der Waals surface area contributed by atoms with E-state index in [9.17, 15) is 0 Å². The molecule has 1 unspecified atom stereocenters. The Morgan fingerprint density at radius 2 is 1.72 bits per heavy atom. The largest absolute Gasteiger partial charge is 0.490 e. The van der Waals surface area contributed by atoms with E-state index in [1.807, 2.05) is 31.2 Å². The third-order valence-corrected chi connectivity index (χ3v) is 3.76. The van der Waals surface area contributed by atoms with Gasteiger partial charge >= 0.3 is 0 Å². The van der Waals surface area contributed by atoms with Crippen LogP contribution in [-0.4, -0.2) is 18.5 Å². The van der Waals surface area contributed by atoms with Gasteiger partial charge < -0.3 is 9.47 Å². The molecule has 0 aliphatic heterocycles. The average molecular weight is 315 g/mol. The summed E-state index contributed by atoms with van der Waals surface area (Å²) in [5.74, 6) is 2.39. The zero-order valence-corrected chi connectivity index (χ0v) is 12.9. The highest BCUT2D eigenvalue weighted by Gasteiger charge is 2.08. The Morgan fingerprint density at radius 3 is 2.28 bits per heavy atom. The first-order valence-corrected chi connectivity index (χ1v) is 7.84. The highest BCUT2D eigenvalue weighted by Crippen LogP contribution is 2.27. The number of halogens is 1. The van der Waals surface area contributed by atoms with Crippen LogP contribution in [0.25, 0.3) is 0 Å². The van der Waals surface area contributed by atoms with E-state index in [2.05, 4.69) is 22.9 Å². The van der Waals surface area contributed by atoms with Gasteiger partial charge in [0.2, 0.25) is 0 Å². The molecule has 18 heavy (non-hydrogen) atoms. The number of ether oxygens (including phenoxy) is 2. The zero-order valence-electron chi connectivity index (χ0n) is 11.3. The van der Waals surface area contributed by atoms with Crippen LogP contribution in [0, 0.1) is 5.92 Å². The Bertz CT molecular complexity index is 328. The van der Waals surface area contributed by atoms with Crippen LogP contribution in [-0.2, 0) is 0 Å². The van der Waals surface area contributed by atoms with Crippen LogP contribution in [0.15, 0.2) is 24.3 Å². The molecule has 0 fully saturated rings. The van der Waals surface area contributed by atoms with Crippen LogP contribution in [0.3, 0.4) is 0 Å². The minimum absolute atomic E-state index is 0.667. The van der Waals surface area contributed by atoms with Crippen molar-refractivity contribution in [1.82, 2.24) is 0 Å². The van der Waals surface area contributed by atoms with E-state index in [1.54, 1.807) is 0 Å². The highest BCUT2D eigenvalue weighted by molar-refractivity contribution is 9.09. The minimum Gasteiger partial charge on any atom is -0.490 e.